The first-order valence-corrected chi connectivity index (χ1v) is 12.6. The van der Waals surface area contributed by atoms with Crippen molar-refractivity contribution in [2.24, 2.45) is 0 Å². The van der Waals surface area contributed by atoms with Gasteiger partial charge in [0.25, 0.3) is 0 Å². The fourth-order valence-electron chi connectivity index (χ4n) is 1.86. The Morgan fingerprint density at radius 3 is 2.17 bits per heavy atom. The molecule has 0 saturated heterocycles. The van der Waals surface area contributed by atoms with E-state index in [9.17, 15) is 13.5 Å². The van der Waals surface area contributed by atoms with Crippen LogP contribution in [0.2, 0.25) is 23.2 Å². The van der Waals surface area contributed by atoms with E-state index in [4.69, 9.17) is 16.0 Å². The van der Waals surface area contributed by atoms with Gasteiger partial charge in [-0.05, 0) is 43.3 Å². The standard InChI is InChI=1S/C16H27ClO4SSi/c1-15(2,3)23(6,7)21-11-16(4,18)13-10-12(17)8-9-14(13)22(5,19)20/h8-10,18H,11H2,1-7H3/t16-/m0/s1. The highest BCUT2D eigenvalue weighted by atomic mass is 35.5. The van der Waals surface area contributed by atoms with Crippen LogP contribution in [0.25, 0.3) is 0 Å². The molecule has 0 amide bonds. The van der Waals surface area contributed by atoms with Crippen LogP contribution in [-0.4, -0.2) is 34.7 Å². The van der Waals surface area contributed by atoms with Gasteiger partial charge in [-0.3, -0.25) is 0 Å². The van der Waals surface area contributed by atoms with E-state index in [1.807, 2.05) is 0 Å². The molecule has 0 aliphatic rings. The molecule has 1 rings (SSSR count). The Bertz CT molecular complexity index is 676. The van der Waals surface area contributed by atoms with Gasteiger partial charge in [-0.1, -0.05) is 32.4 Å². The summed E-state index contributed by atoms with van der Waals surface area (Å²) in [6.45, 7) is 12.1. The Morgan fingerprint density at radius 2 is 1.74 bits per heavy atom. The first-order chi connectivity index (χ1) is 10.1. The fraction of sp³-hybridized carbons (Fsp3) is 0.625. The molecular formula is C16H27ClO4SSi. The van der Waals surface area contributed by atoms with Crippen LogP contribution >= 0.6 is 11.6 Å². The maximum atomic E-state index is 12.0. The summed E-state index contributed by atoms with van der Waals surface area (Å²) in [5.41, 5.74) is -1.18. The van der Waals surface area contributed by atoms with Gasteiger partial charge in [-0.25, -0.2) is 8.42 Å². The SMILES string of the molecule is CC(C)(C)[Si](C)(C)OC[C@](C)(O)c1cc(Cl)ccc1S(C)(=O)=O. The van der Waals surface area contributed by atoms with Crippen molar-refractivity contribution >= 4 is 29.8 Å². The van der Waals surface area contributed by atoms with Crippen LogP contribution in [0.4, 0.5) is 0 Å². The van der Waals surface area contributed by atoms with Crippen molar-refractivity contribution in [1.82, 2.24) is 0 Å². The predicted molar refractivity (Wildman–Crippen MR) is 97.3 cm³/mol. The maximum Gasteiger partial charge on any atom is 0.192 e. The van der Waals surface area contributed by atoms with Crippen molar-refractivity contribution in [1.29, 1.82) is 0 Å². The number of hydrogen-bond acceptors (Lipinski definition) is 4. The van der Waals surface area contributed by atoms with Gasteiger partial charge in [0.15, 0.2) is 18.2 Å². The van der Waals surface area contributed by atoms with Gasteiger partial charge in [0.05, 0.1) is 11.5 Å². The van der Waals surface area contributed by atoms with E-state index in [1.165, 1.54) is 18.2 Å². The van der Waals surface area contributed by atoms with Crippen molar-refractivity contribution in [2.45, 2.75) is 56.3 Å². The molecule has 0 heterocycles. The Balaban J connectivity index is 3.22. The maximum absolute atomic E-state index is 12.0. The number of benzene rings is 1. The monoisotopic (exact) mass is 378 g/mol. The minimum absolute atomic E-state index is 0.00290. The van der Waals surface area contributed by atoms with Gasteiger partial charge in [-0.2, -0.15) is 0 Å². The van der Waals surface area contributed by atoms with Crippen LogP contribution in [0, 0.1) is 0 Å². The molecule has 0 spiro atoms. The normalized spacial score (nSPS) is 16.2. The van der Waals surface area contributed by atoms with E-state index < -0.39 is 23.8 Å². The summed E-state index contributed by atoms with van der Waals surface area (Å²) >= 11 is 6.00. The average molecular weight is 379 g/mol. The van der Waals surface area contributed by atoms with Gasteiger partial charge >= 0.3 is 0 Å². The predicted octanol–water partition coefficient (Wildman–Crippen LogP) is 3.97. The van der Waals surface area contributed by atoms with E-state index in [0.717, 1.165) is 6.26 Å². The zero-order chi connectivity index (χ0) is 18.3. The van der Waals surface area contributed by atoms with Crippen LogP contribution in [-0.2, 0) is 19.9 Å². The van der Waals surface area contributed by atoms with Gasteiger partial charge in [-0.15, -0.1) is 0 Å². The summed E-state index contributed by atoms with van der Waals surface area (Å²) in [5, 5.41) is 11.2. The molecule has 132 valence electrons. The summed E-state index contributed by atoms with van der Waals surface area (Å²) in [6.07, 6.45) is 1.12. The van der Waals surface area contributed by atoms with Crippen LogP contribution < -0.4 is 0 Å². The van der Waals surface area contributed by atoms with E-state index in [-0.39, 0.29) is 22.1 Å². The minimum Gasteiger partial charge on any atom is -0.414 e. The highest BCUT2D eigenvalue weighted by Crippen LogP contribution is 2.38. The second-order valence-electron chi connectivity index (χ2n) is 7.74. The zero-order valence-electron chi connectivity index (χ0n) is 14.9. The van der Waals surface area contributed by atoms with Crippen molar-refractivity contribution in [2.75, 3.05) is 12.9 Å². The van der Waals surface area contributed by atoms with E-state index >= 15 is 0 Å². The first-order valence-electron chi connectivity index (χ1n) is 7.44. The molecule has 1 aromatic carbocycles. The molecule has 0 aromatic heterocycles. The van der Waals surface area contributed by atoms with Crippen LogP contribution in [0.15, 0.2) is 23.1 Å². The van der Waals surface area contributed by atoms with Crippen LogP contribution in [0.1, 0.15) is 33.3 Å². The average Bonchev–Trinajstić information content (AvgIpc) is 2.33. The van der Waals surface area contributed by atoms with Gasteiger partial charge < -0.3 is 9.53 Å². The van der Waals surface area contributed by atoms with E-state index in [2.05, 4.69) is 33.9 Å². The third kappa shape index (κ3) is 5.03. The van der Waals surface area contributed by atoms with E-state index in [1.54, 1.807) is 6.92 Å². The lowest BCUT2D eigenvalue weighted by Gasteiger charge is -2.39. The Labute approximate surface area is 145 Å². The number of halogens is 1. The molecule has 7 heteroatoms. The molecule has 0 bridgehead atoms. The highest BCUT2D eigenvalue weighted by molar-refractivity contribution is 7.90. The summed E-state index contributed by atoms with van der Waals surface area (Å²) in [5.74, 6) is 0. The van der Waals surface area contributed by atoms with Crippen molar-refractivity contribution in [3.05, 3.63) is 28.8 Å². The second kappa shape index (κ2) is 6.48. The largest absolute Gasteiger partial charge is 0.414 e. The molecule has 23 heavy (non-hydrogen) atoms. The topological polar surface area (TPSA) is 63.6 Å². The molecule has 0 saturated carbocycles. The fourth-order valence-corrected chi connectivity index (χ4v) is 4.10. The van der Waals surface area contributed by atoms with E-state index in [0.29, 0.717) is 5.02 Å². The Kier molecular flexibility index (Phi) is 5.82. The Morgan fingerprint density at radius 1 is 1.22 bits per heavy atom. The molecule has 0 radical (unpaired) electrons. The zero-order valence-corrected chi connectivity index (χ0v) is 17.5. The molecule has 1 atom stereocenters. The quantitative estimate of drug-likeness (QED) is 0.787. The first kappa shape index (κ1) is 20.6. The third-order valence-corrected chi connectivity index (χ3v) is 10.3. The minimum atomic E-state index is -3.48. The smallest absolute Gasteiger partial charge is 0.192 e. The van der Waals surface area contributed by atoms with Crippen molar-refractivity contribution in [3.63, 3.8) is 0 Å². The van der Waals surface area contributed by atoms with Crippen LogP contribution in [0.5, 0.6) is 0 Å². The number of hydrogen-bond donors (Lipinski definition) is 1. The lowest BCUT2D eigenvalue weighted by Crippen LogP contribution is -2.44. The molecule has 0 fully saturated rings. The molecule has 4 nitrogen and oxygen atoms in total. The molecule has 0 aliphatic carbocycles. The molecule has 1 N–H and O–H groups in total. The summed E-state index contributed by atoms with van der Waals surface area (Å²) in [7, 11) is -5.55. The lowest BCUT2D eigenvalue weighted by molar-refractivity contribution is 0.000312. The molecular weight excluding hydrogens is 352 g/mol. The second-order valence-corrected chi connectivity index (χ2v) is 15.0. The summed E-state index contributed by atoms with van der Waals surface area (Å²) < 4.78 is 30.0. The number of sulfone groups is 1. The number of rotatable bonds is 5. The molecule has 0 unspecified atom stereocenters. The Hall–Kier alpha value is -0.403. The van der Waals surface area contributed by atoms with Crippen molar-refractivity contribution in [3.8, 4) is 0 Å². The lowest BCUT2D eigenvalue weighted by atomic mass is 9.97. The molecule has 0 aliphatic heterocycles. The third-order valence-electron chi connectivity index (χ3n) is 4.44. The molecule has 1 aromatic rings. The number of aliphatic hydroxyl groups is 1. The van der Waals surface area contributed by atoms with Crippen molar-refractivity contribution < 1.29 is 18.0 Å². The van der Waals surface area contributed by atoms with Gasteiger partial charge in [0, 0.05) is 16.8 Å². The van der Waals surface area contributed by atoms with Gasteiger partial charge in [0.1, 0.15) is 5.60 Å². The summed E-state index contributed by atoms with van der Waals surface area (Å²) in [4.78, 5) is 0.0748. The summed E-state index contributed by atoms with van der Waals surface area (Å²) in [6, 6.07) is 4.42. The van der Waals surface area contributed by atoms with Gasteiger partial charge in [0.2, 0.25) is 0 Å². The highest BCUT2D eigenvalue weighted by Gasteiger charge is 2.40. The van der Waals surface area contributed by atoms with Crippen LogP contribution in [0.3, 0.4) is 0 Å².